The number of aliphatic hydroxyl groups is 1. The van der Waals surface area contributed by atoms with Crippen molar-refractivity contribution in [3.05, 3.63) is 66.3 Å². The number of rotatable bonds is 4. The molecule has 1 N–H and O–H groups in total. The van der Waals surface area contributed by atoms with Gasteiger partial charge >= 0.3 is 0 Å². The topological polar surface area (TPSA) is 66.3 Å². The zero-order valence-electron chi connectivity index (χ0n) is 13.5. The lowest BCUT2D eigenvalue weighted by molar-refractivity contribution is -0.128. The van der Waals surface area contributed by atoms with Gasteiger partial charge in [0, 0.05) is 37.9 Å². The molecule has 2 heterocycles. The molecule has 2 aromatic rings. The van der Waals surface area contributed by atoms with Gasteiger partial charge < -0.3 is 10.0 Å². The maximum absolute atomic E-state index is 12.4. The third-order valence-corrected chi connectivity index (χ3v) is 4.51. The van der Waals surface area contributed by atoms with E-state index in [1.165, 1.54) is 11.9 Å². The van der Waals surface area contributed by atoms with E-state index in [0.29, 0.717) is 24.7 Å². The maximum Gasteiger partial charge on any atom is 0.246 e. The number of hydrogen-bond acceptors (Lipinski definition) is 4. The Morgan fingerprint density at radius 1 is 1.29 bits per heavy atom. The highest BCUT2D eigenvalue weighted by Crippen LogP contribution is 2.32. The molecule has 1 aromatic heterocycles. The summed E-state index contributed by atoms with van der Waals surface area (Å²) in [5.41, 5.74) is 1.94. The van der Waals surface area contributed by atoms with Crippen LogP contribution in [-0.4, -0.2) is 45.6 Å². The molecule has 3 rings (SSSR count). The number of hydrogen-bond donors (Lipinski definition) is 1. The van der Waals surface area contributed by atoms with Crippen molar-refractivity contribution in [3.63, 3.8) is 0 Å². The van der Waals surface area contributed by atoms with Crippen LogP contribution in [0.15, 0.2) is 55.0 Å². The van der Waals surface area contributed by atoms with Gasteiger partial charge in [0.2, 0.25) is 5.91 Å². The lowest BCUT2D eigenvalue weighted by Crippen LogP contribution is -2.43. The van der Waals surface area contributed by atoms with E-state index in [0.717, 1.165) is 6.42 Å². The first-order chi connectivity index (χ1) is 11.8. The predicted molar refractivity (Wildman–Crippen MR) is 92.0 cm³/mol. The van der Waals surface area contributed by atoms with Gasteiger partial charge in [-0.25, -0.2) is 9.97 Å². The minimum absolute atomic E-state index is 0.0430. The lowest BCUT2D eigenvalue weighted by atomic mass is 9.81. The van der Waals surface area contributed by atoms with Crippen LogP contribution in [-0.2, 0) is 4.79 Å². The third kappa shape index (κ3) is 3.86. The van der Waals surface area contributed by atoms with Crippen molar-refractivity contribution in [1.82, 2.24) is 14.9 Å². The molecule has 1 fully saturated rings. The standard InChI is InChI=1S/C19H21N3O2/c23-13-16-12-22(11-9-18(16)15-4-2-1-3-5-15)19(24)7-6-17-8-10-20-14-21-17/h1-8,10,14,16,18,23H,9,11-13H2/b7-6+/t16-,18+/m1/s1. The van der Waals surface area contributed by atoms with E-state index in [4.69, 9.17) is 0 Å². The van der Waals surface area contributed by atoms with Crippen molar-refractivity contribution >= 4 is 12.0 Å². The Kier molecular flexibility index (Phi) is 5.33. The van der Waals surface area contributed by atoms with Crippen LogP contribution in [0, 0.1) is 5.92 Å². The van der Waals surface area contributed by atoms with Gasteiger partial charge in [0.15, 0.2) is 0 Å². The number of aliphatic hydroxyl groups excluding tert-OH is 1. The van der Waals surface area contributed by atoms with E-state index in [-0.39, 0.29) is 18.4 Å². The molecule has 5 heteroatoms. The molecule has 0 bridgehead atoms. The van der Waals surface area contributed by atoms with E-state index in [1.807, 2.05) is 18.2 Å². The summed E-state index contributed by atoms with van der Waals surface area (Å²) in [6.45, 7) is 1.35. The number of nitrogens with zero attached hydrogens (tertiary/aromatic N) is 3. The average molecular weight is 323 g/mol. The van der Waals surface area contributed by atoms with Crippen LogP contribution < -0.4 is 0 Å². The van der Waals surface area contributed by atoms with E-state index in [9.17, 15) is 9.90 Å². The summed E-state index contributed by atoms with van der Waals surface area (Å²) in [5, 5.41) is 9.76. The van der Waals surface area contributed by atoms with Crippen molar-refractivity contribution in [2.24, 2.45) is 5.92 Å². The molecule has 0 radical (unpaired) electrons. The first-order valence-electron chi connectivity index (χ1n) is 8.16. The minimum Gasteiger partial charge on any atom is -0.396 e. The van der Waals surface area contributed by atoms with Gasteiger partial charge in [-0.05, 0) is 30.0 Å². The molecule has 24 heavy (non-hydrogen) atoms. The minimum atomic E-state index is -0.0430. The zero-order chi connectivity index (χ0) is 16.8. The largest absolute Gasteiger partial charge is 0.396 e. The molecule has 124 valence electrons. The summed E-state index contributed by atoms with van der Waals surface area (Å²) in [6, 6.07) is 12.0. The van der Waals surface area contributed by atoms with Gasteiger partial charge in [-0.3, -0.25) is 4.79 Å². The van der Waals surface area contributed by atoms with Crippen molar-refractivity contribution < 1.29 is 9.90 Å². The summed E-state index contributed by atoms with van der Waals surface area (Å²) in [5.74, 6) is 0.321. The van der Waals surface area contributed by atoms with Crippen molar-refractivity contribution in [2.45, 2.75) is 12.3 Å². The SMILES string of the molecule is O=C(/C=C/c1ccncn1)N1CC[C@@H](c2ccccc2)[C@@H](CO)C1. The Morgan fingerprint density at radius 2 is 2.12 bits per heavy atom. The molecule has 1 saturated heterocycles. The van der Waals surface area contributed by atoms with Crippen molar-refractivity contribution in [2.75, 3.05) is 19.7 Å². The first kappa shape index (κ1) is 16.3. The summed E-state index contributed by atoms with van der Waals surface area (Å²) in [7, 11) is 0. The lowest BCUT2D eigenvalue weighted by Gasteiger charge is -2.37. The van der Waals surface area contributed by atoms with Crippen molar-refractivity contribution in [1.29, 1.82) is 0 Å². The Balaban J connectivity index is 1.65. The van der Waals surface area contributed by atoms with E-state index in [2.05, 4.69) is 22.1 Å². The second-order valence-corrected chi connectivity index (χ2v) is 6.00. The fourth-order valence-electron chi connectivity index (χ4n) is 3.22. The van der Waals surface area contributed by atoms with Crippen LogP contribution in [0.4, 0.5) is 0 Å². The highest BCUT2D eigenvalue weighted by Gasteiger charge is 2.31. The second kappa shape index (κ2) is 7.84. The Bertz CT molecular complexity index is 688. The molecule has 0 spiro atoms. The average Bonchev–Trinajstić information content (AvgIpc) is 2.67. The first-order valence-corrected chi connectivity index (χ1v) is 8.16. The number of likely N-dealkylation sites (tertiary alicyclic amines) is 1. The number of amides is 1. The molecule has 5 nitrogen and oxygen atoms in total. The van der Waals surface area contributed by atoms with E-state index < -0.39 is 0 Å². The van der Waals surface area contributed by atoms with E-state index in [1.54, 1.807) is 29.3 Å². The number of benzene rings is 1. The fraction of sp³-hybridized carbons (Fsp3) is 0.316. The normalized spacial score (nSPS) is 21.1. The van der Waals surface area contributed by atoms with Gasteiger partial charge in [-0.15, -0.1) is 0 Å². The predicted octanol–water partition coefficient (Wildman–Crippen LogP) is 2.11. The molecular weight excluding hydrogens is 302 g/mol. The van der Waals surface area contributed by atoms with Crippen LogP contribution in [0.1, 0.15) is 23.6 Å². The number of carbonyl (C=O) groups is 1. The fourth-order valence-corrected chi connectivity index (χ4v) is 3.22. The van der Waals surface area contributed by atoms with Crippen LogP contribution >= 0.6 is 0 Å². The quantitative estimate of drug-likeness (QED) is 0.875. The molecule has 1 aliphatic rings. The number of carbonyl (C=O) groups excluding carboxylic acids is 1. The monoisotopic (exact) mass is 323 g/mol. The smallest absolute Gasteiger partial charge is 0.246 e. The van der Waals surface area contributed by atoms with Gasteiger partial charge in [0.05, 0.1) is 5.69 Å². The molecule has 0 saturated carbocycles. The highest BCUT2D eigenvalue weighted by molar-refractivity contribution is 5.91. The van der Waals surface area contributed by atoms with Crippen LogP contribution in [0.2, 0.25) is 0 Å². The van der Waals surface area contributed by atoms with Crippen LogP contribution in [0.3, 0.4) is 0 Å². The number of piperidine rings is 1. The number of aromatic nitrogens is 2. The molecule has 1 aromatic carbocycles. The molecule has 2 atom stereocenters. The Labute approximate surface area is 141 Å². The third-order valence-electron chi connectivity index (χ3n) is 4.51. The molecule has 1 amide bonds. The summed E-state index contributed by atoms with van der Waals surface area (Å²) in [6.07, 6.45) is 7.20. The zero-order valence-corrected chi connectivity index (χ0v) is 13.5. The Hall–Kier alpha value is -2.53. The van der Waals surface area contributed by atoms with Gasteiger partial charge in [-0.1, -0.05) is 30.3 Å². The van der Waals surface area contributed by atoms with Gasteiger partial charge in [-0.2, -0.15) is 0 Å². The molecular formula is C19H21N3O2. The highest BCUT2D eigenvalue weighted by atomic mass is 16.3. The van der Waals surface area contributed by atoms with E-state index >= 15 is 0 Å². The van der Waals surface area contributed by atoms with Crippen molar-refractivity contribution in [3.8, 4) is 0 Å². The van der Waals surface area contributed by atoms with Crippen LogP contribution in [0.25, 0.3) is 6.08 Å². The molecule has 1 aliphatic heterocycles. The maximum atomic E-state index is 12.4. The molecule has 0 unspecified atom stereocenters. The summed E-state index contributed by atoms with van der Waals surface area (Å²) >= 11 is 0. The Morgan fingerprint density at radius 3 is 2.83 bits per heavy atom. The second-order valence-electron chi connectivity index (χ2n) is 6.00. The van der Waals surface area contributed by atoms with Crippen LogP contribution in [0.5, 0.6) is 0 Å². The van der Waals surface area contributed by atoms with Gasteiger partial charge in [0.1, 0.15) is 6.33 Å². The summed E-state index contributed by atoms with van der Waals surface area (Å²) < 4.78 is 0. The van der Waals surface area contributed by atoms with Gasteiger partial charge in [0.25, 0.3) is 0 Å². The molecule has 0 aliphatic carbocycles. The summed E-state index contributed by atoms with van der Waals surface area (Å²) in [4.78, 5) is 22.1.